The number of likely N-dealkylation sites (tertiary alicyclic amines) is 1. The first-order chi connectivity index (χ1) is 22.4. The van der Waals surface area contributed by atoms with Crippen molar-refractivity contribution >= 4 is 41.1 Å². The highest BCUT2D eigenvalue weighted by Crippen LogP contribution is 2.36. The Balaban J connectivity index is 1.36. The van der Waals surface area contributed by atoms with E-state index in [-0.39, 0.29) is 29.3 Å². The molecule has 3 atom stereocenters. The summed E-state index contributed by atoms with van der Waals surface area (Å²) in [5.74, 6) is -2.03. The molecule has 3 aromatic carbocycles. The van der Waals surface area contributed by atoms with Crippen LogP contribution in [-0.4, -0.2) is 97.7 Å². The summed E-state index contributed by atoms with van der Waals surface area (Å²) in [6.07, 6.45) is 5.27. The lowest BCUT2D eigenvalue weighted by Gasteiger charge is -2.47. The van der Waals surface area contributed by atoms with Crippen LogP contribution in [-0.2, 0) is 9.59 Å². The fourth-order valence-corrected chi connectivity index (χ4v) is 6.42. The maximum absolute atomic E-state index is 14.2. The molecule has 3 heterocycles. The summed E-state index contributed by atoms with van der Waals surface area (Å²) in [5.41, 5.74) is 2.78. The smallest absolute Gasteiger partial charge is 0.335 e. The number of benzene rings is 3. The number of carboxylic acids is 1. The number of nitrogens with one attached hydrogen (secondary N) is 2. The summed E-state index contributed by atoms with van der Waals surface area (Å²) in [5, 5.41) is 27.5. The van der Waals surface area contributed by atoms with Crippen molar-refractivity contribution in [2.75, 3.05) is 38.0 Å². The van der Waals surface area contributed by atoms with Crippen LogP contribution in [0.4, 0.5) is 5.69 Å². The Bertz CT molecular complexity index is 1710. The summed E-state index contributed by atoms with van der Waals surface area (Å²) in [6, 6.07) is 20.2. The first-order valence-electron chi connectivity index (χ1n) is 15.0. The van der Waals surface area contributed by atoms with Gasteiger partial charge in [-0.2, -0.15) is 4.68 Å². The second kappa shape index (κ2) is 14.0. The second-order valence-electron chi connectivity index (χ2n) is 11.3. The van der Waals surface area contributed by atoms with Gasteiger partial charge in [0.2, 0.25) is 11.8 Å². The molecule has 3 N–H and O–H groups in total. The van der Waals surface area contributed by atoms with Crippen molar-refractivity contribution < 1.29 is 19.5 Å². The van der Waals surface area contributed by atoms with Gasteiger partial charge in [-0.3, -0.25) is 14.5 Å². The van der Waals surface area contributed by atoms with E-state index in [4.69, 9.17) is 11.6 Å². The molecule has 0 bridgehead atoms. The molecular weight excluding hydrogens is 608 g/mol. The van der Waals surface area contributed by atoms with E-state index >= 15 is 0 Å². The van der Waals surface area contributed by atoms with Gasteiger partial charge >= 0.3 is 5.97 Å². The highest BCUT2D eigenvalue weighted by molar-refractivity contribution is 6.30. The van der Waals surface area contributed by atoms with Crippen LogP contribution in [0.25, 0.3) is 11.8 Å². The van der Waals surface area contributed by atoms with Crippen molar-refractivity contribution in [2.45, 2.75) is 24.4 Å². The number of aromatic nitrogens is 4. The van der Waals surface area contributed by atoms with Crippen LogP contribution >= 0.6 is 11.6 Å². The van der Waals surface area contributed by atoms with Gasteiger partial charge in [-0.25, -0.2) is 4.79 Å². The number of carbonyl (C=O) groups is 3. The minimum Gasteiger partial charge on any atom is -0.478 e. The van der Waals surface area contributed by atoms with Crippen LogP contribution in [0.5, 0.6) is 0 Å². The average Bonchev–Trinajstić information content (AvgIpc) is 3.62. The molecule has 0 saturated carbocycles. The predicted molar refractivity (Wildman–Crippen MR) is 173 cm³/mol. The lowest BCUT2D eigenvalue weighted by molar-refractivity contribution is -0.139. The summed E-state index contributed by atoms with van der Waals surface area (Å²) >= 11 is 6.32. The van der Waals surface area contributed by atoms with Crippen molar-refractivity contribution in [3.8, 4) is 5.69 Å². The molecule has 1 aromatic heterocycles. The van der Waals surface area contributed by atoms with E-state index in [0.29, 0.717) is 34.9 Å². The van der Waals surface area contributed by atoms with Crippen molar-refractivity contribution in [3.63, 3.8) is 0 Å². The first kappa shape index (κ1) is 31.1. The average molecular weight is 641 g/mol. The van der Waals surface area contributed by atoms with Crippen molar-refractivity contribution in [3.05, 3.63) is 107 Å². The second-order valence-corrected chi connectivity index (χ2v) is 11.7. The van der Waals surface area contributed by atoms with E-state index in [1.807, 2.05) is 30.3 Å². The Morgan fingerprint density at radius 3 is 2.46 bits per heavy atom. The van der Waals surface area contributed by atoms with E-state index in [2.05, 4.69) is 31.1 Å². The van der Waals surface area contributed by atoms with E-state index in [0.717, 1.165) is 31.7 Å². The third-order valence-corrected chi connectivity index (χ3v) is 8.72. The number of piperazine rings is 1. The summed E-state index contributed by atoms with van der Waals surface area (Å²) in [4.78, 5) is 43.8. The lowest BCUT2D eigenvalue weighted by Crippen LogP contribution is -2.61. The van der Waals surface area contributed by atoms with Gasteiger partial charge in [-0.15, -0.1) is 5.10 Å². The molecule has 2 fully saturated rings. The largest absolute Gasteiger partial charge is 0.478 e. The van der Waals surface area contributed by atoms with Crippen LogP contribution in [0.15, 0.2) is 85.2 Å². The zero-order valence-electron chi connectivity index (χ0n) is 24.9. The number of hydrogen-bond acceptors (Lipinski definition) is 8. The van der Waals surface area contributed by atoms with Gasteiger partial charge < -0.3 is 20.6 Å². The number of tetrazole rings is 1. The number of rotatable bonds is 8. The normalized spacial score (nSPS) is 20.5. The number of carboxylic acid groups (broad SMARTS) is 1. The fourth-order valence-electron chi connectivity index (χ4n) is 6.24. The Labute approximate surface area is 270 Å². The maximum atomic E-state index is 14.2. The molecule has 0 aliphatic carbocycles. The number of halogens is 1. The van der Waals surface area contributed by atoms with Crippen LogP contribution in [0.3, 0.4) is 0 Å². The first-order valence-corrected chi connectivity index (χ1v) is 15.4. The fraction of sp³-hybridized carbons (Fsp3) is 0.273. The summed E-state index contributed by atoms with van der Waals surface area (Å²) < 4.78 is 1.49. The van der Waals surface area contributed by atoms with Crippen molar-refractivity contribution in [1.82, 2.24) is 35.3 Å². The monoisotopic (exact) mass is 640 g/mol. The molecule has 2 amide bonds. The highest BCUT2D eigenvalue weighted by Gasteiger charge is 2.44. The minimum absolute atomic E-state index is 0.0338. The van der Waals surface area contributed by atoms with Crippen LogP contribution in [0.2, 0.25) is 5.02 Å². The summed E-state index contributed by atoms with van der Waals surface area (Å²) in [7, 11) is 0. The van der Waals surface area contributed by atoms with Gasteiger partial charge in [0, 0.05) is 67.0 Å². The standard InChI is InChI=1S/C33H33ClN8O4/c34-25-9-12-29(42-21-36-38-39-42)24(18-25)8-13-30(43)41-20-27(40-16-14-35-15-17-40)19-28(22-4-2-1-3-5-22)31(41)32(44)37-26-10-6-23(7-11-26)33(45)46/h1-13,18,21,27-28,31,35H,14-17,19-20H2,(H,37,44)(H,45,46)/b13-8+. The molecule has 2 aliphatic rings. The van der Waals surface area contributed by atoms with Gasteiger partial charge in [0.25, 0.3) is 0 Å². The topological polar surface area (TPSA) is 146 Å². The number of nitrogens with zero attached hydrogens (tertiary/aromatic N) is 6. The van der Waals surface area contributed by atoms with E-state index in [1.165, 1.54) is 29.2 Å². The highest BCUT2D eigenvalue weighted by atomic mass is 35.5. The van der Waals surface area contributed by atoms with E-state index in [1.54, 1.807) is 41.3 Å². The van der Waals surface area contributed by atoms with Crippen molar-refractivity contribution in [1.29, 1.82) is 0 Å². The molecule has 2 aliphatic heterocycles. The number of carbonyl (C=O) groups excluding carboxylic acids is 2. The molecule has 6 rings (SSSR count). The minimum atomic E-state index is -1.06. The van der Waals surface area contributed by atoms with Crippen LogP contribution in [0.1, 0.15) is 33.8 Å². The molecule has 236 valence electrons. The van der Waals surface area contributed by atoms with Gasteiger partial charge in [-0.05, 0) is 71.0 Å². The lowest BCUT2D eigenvalue weighted by atomic mass is 9.80. The number of aromatic carboxylic acids is 1. The van der Waals surface area contributed by atoms with Crippen LogP contribution in [0, 0.1) is 0 Å². The summed E-state index contributed by atoms with van der Waals surface area (Å²) in [6.45, 7) is 3.75. The molecule has 13 heteroatoms. The van der Waals surface area contributed by atoms with Gasteiger partial charge in [-0.1, -0.05) is 41.9 Å². The molecule has 0 radical (unpaired) electrons. The zero-order chi connectivity index (χ0) is 32.0. The quantitative estimate of drug-likeness (QED) is 0.247. The Morgan fingerprint density at radius 1 is 1.00 bits per heavy atom. The Kier molecular flexibility index (Phi) is 9.48. The number of anilines is 1. The molecule has 2 saturated heterocycles. The van der Waals surface area contributed by atoms with E-state index in [9.17, 15) is 19.5 Å². The molecule has 46 heavy (non-hydrogen) atoms. The molecular formula is C33H33ClN8O4. The van der Waals surface area contributed by atoms with Gasteiger partial charge in [0.15, 0.2) is 0 Å². The number of hydrogen-bond donors (Lipinski definition) is 3. The Morgan fingerprint density at radius 2 is 1.76 bits per heavy atom. The molecule has 3 unspecified atom stereocenters. The molecule has 4 aromatic rings. The Hall–Kier alpha value is -4.91. The molecule has 0 spiro atoms. The predicted octanol–water partition coefficient (Wildman–Crippen LogP) is 3.32. The third kappa shape index (κ3) is 6.99. The van der Waals surface area contributed by atoms with Crippen molar-refractivity contribution in [2.24, 2.45) is 0 Å². The van der Waals surface area contributed by atoms with Crippen LogP contribution < -0.4 is 10.6 Å². The molecule has 12 nitrogen and oxygen atoms in total. The SMILES string of the molecule is O=C(O)c1ccc(NC(=O)C2C(c3ccccc3)CC(N3CCNCC3)CN2C(=O)/C=C/c2cc(Cl)ccc2-n2cnnn2)cc1. The van der Waals surface area contributed by atoms with E-state index < -0.39 is 12.0 Å². The van der Waals surface area contributed by atoms with Gasteiger partial charge in [0.05, 0.1) is 11.3 Å². The third-order valence-electron chi connectivity index (χ3n) is 8.49. The number of piperidine rings is 1. The van der Waals surface area contributed by atoms with Gasteiger partial charge in [0.1, 0.15) is 12.4 Å². The maximum Gasteiger partial charge on any atom is 0.335 e. The zero-order valence-corrected chi connectivity index (χ0v) is 25.6. The number of amides is 2.